The third-order valence-electron chi connectivity index (χ3n) is 5.46. The summed E-state index contributed by atoms with van der Waals surface area (Å²) < 4.78 is 12.7. The van der Waals surface area contributed by atoms with Crippen molar-refractivity contribution < 1.29 is 28.7 Å². The highest BCUT2D eigenvalue weighted by Crippen LogP contribution is 2.30. The monoisotopic (exact) mass is 405 g/mol. The number of nitrogens with zero attached hydrogens (tertiary/aromatic N) is 2. The minimum absolute atomic E-state index is 0.240. The number of hydrogen-bond donors (Lipinski definition) is 2. The van der Waals surface area contributed by atoms with E-state index in [4.69, 9.17) is 5.11 Å². The van der Waals surface area contributed by atoms with Gasteiger partial charge in [-0.05, 0) is 37.5 Å². The van der Waals surface area contributed by atoms with Gasteiger partial charge in [-0.3, -0.25) is 19.2 Å². The molecule has 1 aromatic carbocycles. The summed E-state index contributed by atoms with van der Waals surface area (Å²) in [6.45, 7) is 2.26. The molecule has 2 heterocycles. The van der Waals surface area contributed by atoms with Gasteiger partial charge in [-0.25, -0.2) is 4.39 Å². The third kappa shape index (κ3) is 4.38. The highest BCUT2D eigenvalue weighted by Gasteiger charge is 2.36. The van der Waals surface area contributed by atoms with Crippen LogP contribution in [0, 0.1) is 0 Å². The molecule has 3 rings (SSSR count). The van der Waals surface area contributed by atoms with Gasteiger partial charge in [0.15, 0.2) is 5.78 Å². The van der Waals surface area contributed by atoms with E-state index in [2.05, 4.69) is 10.2 Å². The number of benzene rings is 1. The maximum Gasteiger partial charge on any atom is 0.305 e. The maximum atomic E-state index is 12.9. The minimum atomic E-state index is -1.46. The van der Waals surface area contributed by atoms with Crippen LogP contribution in [0.5, 0.6) is 0 Å². The van der Waals surface area contributed by atoms with E-state index < -0.39 is 42.8 Å². The summed E-state index contributed by atoms with van der Waals surface area (Å²) in [7, 11) is 0. The van der Waals surface area contributed by atoms with Crippen molar-refractivity contribution in [2.24, 2.45) is 0 Å². The molecule has 29 heavy (non-hydrogen) atoms. The SMILES string of the molecule is CC(C(=O)NC(CC(=O)O)C(=O)CF)N1Cc2ccc(N3CCCC3)cc2C1=O. The number of hydrogen-bond acceptors (Lipinski definition) is 5. The number of carbonyl (C=O) groups is 4. The minimum Gasteiger partial charge on any atom is -0.481 e. The largest absolute Gasteiger partial charge is 0.481 e. The predicted octanol–water partition coefficient (Wildman–Crippen LogP) is 1.13. The van der Waals surface area contributed by atoms with Gasteiger partial charge in [-0.2, -0.15) is 0 Å². The number of carbonyl (C=O) groups excluding carboxylic acids is 3. The van der Waals surface area contributed by atoms with Crippen LogP contribution in [0.1, 0.15) is 42.1 Å². The molecule has 0 aromatic heterocycles. The summed E-state index contributed by atoms with van der Waals surface area (Å²) in [4.78, 5) is 51.5. The van der Waals surface area contributed by atoms with Crippen molar-refractivity contribution in [2.75, 3.05) is 24.7 Å². The van der Waals surface area contributed by atoms with Crippen LogP contribution in [0.2, 0.25) is 0 Å². The molecule has 2 aliphatic heterocycles. The number of carboxylic acid groups (broad SMARTS) is 1. The lowest BCUT2D eigenvalue weighted by atomic mass is 10.1. The van der Waals surface area contributed by atoms with Crippen LogP contribution in [0.3, 0.4) is 0 Å². The van der Waals surface area contributed by atoms with E-state index >= 15 is 0 Å². The van der Waals surface area contributed by atoms with E-state index in [1.54, 1.807) is 0 Å². The van der Waals surface area contributed by atoms with Crippen LogP contribution >= 0.6 is 0 Å². The molecule has 1 aromatic rings. The van der Waals surface area contributed by atoms with Gasteiger partial charge in [0.05, 0.1) is 6.42 Å². The van der Waals surface area contributed by atoms with E-state index in [-0.39, 0.29) is 12.5 Å². The van der Waals surface area contributed by atoms with Gasteiger partial charge in [0.1, 0.15) is 18.8 Å². The number of fused-ring (bicyclic) bond motifs is 1. The van der Waals surface area contributed by atoms with Crippen LogP contribution < -0.4 is 10.2 Å². The molecule has 2 N–H and O–H groups in total. The number of rotatable bonds is 8. The second-order valence-electron chi connectivity index (χ2n) is 7.40. The van der Waals surface area contributed by atoms with Gasteiger partial charge in [0, 0.05) is 30.9 Å². The molecule has 9 heteroatoms. The van der Waals surface area contributed by atoms with Crippen molar-refractivity contribution >= 4 is 29.3 Å². The Morgan fingerprint density at radius 2 is 1.93 bits per heavy atom. The maximum absolute atomic E-state index is 12.9. The Kier molecular flexibility index (Phi) is 6.14. The van der Waals surface area contributed by atoms with Crippen LogP contribution in [0.25, 0.3) is 0 Å². The molecule has 0 aliphatic carbocycles. The lowest BCUT2D eigenvalue weighted by Crippen LogP contribution is -2.51. The van der Waals surface area contributed by atoms with Crippen molar-refractivity contribution in [3.8, 4) is 0 Å². The van der Waals surface area contributed by atoms with E-state index in [0.717, 1.165) is 37.2 Å². The fraction of sp³-hybridized carbons (Fsp3) is 0.500. The number of nitrogens with one attached hydrogen (secondary N) is 1. The van der Waals surface area contributed by atoms with Gasteiger partial charge < -0.3 is 20.2 Å². The van der Waals surface area contributed by atoms with Crippen molar-refractivity contribution in [1.82, 2.24) is 10.2 Å². The van der Waals surface area contributed by atoms with Gasteiger partial charge >= 0.3 is 5.97 Å². The Balaban J connectivity index is 1.71. The van der Waals surface area contributed by atoms with Gasteiger partial charge in [-0.1, -0.05) is 6.07 Å². The first-order chi connectivity index (χ1) is 13.8. The number of ketones is 1. The first-order valence-electron chi connectivity index (χ1n) is 9.61. The number of anilines is 1. The molecule has 8 nitrogen and oxygen atoms in total. The number of Topliss-reactive ketones (excluding diaryl/α,β-unsaturated/α-hetero) is 1. The van der Waals surface area contributed by atoms with Crippen LogP contribution in [0.4, 0.5) is 10.1 Å². The van der Waals surface area contributed by atoms with Crippen molar-refractivity contribution in [2.45, 2.75) is 44.8 Å². The summed E-state index contributed by atoms with van der Waals surface area (Å²) in [5, 5.41) is 11.1. The zero-order valence-electron chi connectivity index (χ0n) is 16.2. The van der Waals surface area contributed by atoms with Gasteiger partial charge in [-0.15, -0.1) is 0 Å². The quantitative estimate of drug-likeness (QED) is 0.672. The predicted molar refractivity (Wildman–Crippen MR) is 102 cm³/mol. The zero-order valence-corrected chi connectivity index (χ0v) is 16.2. The summed E-state index contributed by atoms with van der Waals surface area (Å²) in [6, 6.07) is 3.29. The molecule has 2 amide bonds. The van der Waals surface area contributed by atoms with Crippen molar-refractivity contribution in [1.29, 1.82) is 0 Å². The second kappa shape index (κ2) is 8.59. The molecule has 0 bridgehead atoms. The molecule has 0 radical (unpaired) electrons. The molecule has 156 valence electrons. The summed E-state index contributed by atoms with van der Waals surface area (Å²) in [5.74, 6) is -3.34. The number of aliphatic carboxylic acids is 1. The molecular weight excluding hydrogens is 381 g/mol. The Morgan fingerprint density at radius 1 is 1.24 bits per heavy atom. The molecule has 0 saturated carbocycles. The molecule has 0 spiro atoms. The molecule has 2 atom stereocenters. The average Bonchev–Trinajstić information content (AvgIpc) is 3.34. The van der Waals surface area contributed by atoms with Gasteiger partial charge in [0.2, 0.25) is 5.91 Å². The second-order valence-corrected chi connectivity index (χ2v) is 7.40. The topological polar surface area (TPSA) is 107 Å². The Labute approximate surface area is 167 Å². The van der Waals surface area contributed by atoms with Crippen LogP contribution in [-0.4, -0.2) is 65.4 Å². The standard InChI is InChI=1S/C20H24FN3O5/c1-12(19(28)22-16(9-18(26)27)17(25)10-21)24-11-13-4-5-14(8-15(13)20(24)29)23-6-2-3-7-23/h4-5,8,12,16H,2-3,6-7,9-11H2,1H3,(H,22,28)(H,26,27). The summed E-state index contributed by atoms with van der Waals surface area (Å²) >= 11 is 0. The number of alkyl halides is 1. The Bertz CT molecular complexity index is 837. The normalized spacial score (nSPS) is 17.8. The van der Waals surface area contributed by atoms with Crippen molar-refractivity contribution in [3.05, 3.63) is 29.3 Å². The Hall–Kier alpha value is -2.97. The fourth-order valence-electron chi connectivity index (χ4n) is 3.74. The fourth-order valence-corrected chi connectivity index (χ4v) is 3.74. The lowest BCUT2D eigenvalue weighted by molar-refractivity contribution is -0.140. The summed E-state index contributed by atoms with van der Waals surface area (Å²) in [5.41, 5.74) is 2.32. The van der Waals surface area contributed by atoms with E-state index in [1.807, 2.05) is 18.2 Å². The van der Waals surface area contributed by atoms with E-state index in [9.17, 15) is 23.6 Å². The Morgan fingerprint density at radius 3 is 2.55 bits per heavy atom. The zero-order chi connectivity index (χ0) is 21.1. The van der Waals surface area contributed by atoms with Crippen molar-refractivity contribution in [3.63, 3.8) is 0 Å². The summed E-state index contributed by atoms with van der Waals surface area (Å²) in [6.07, 6.45) is 1.52. The van der Waals surface area contributed by atoms with E-state index in [0.29, 0.717) is 5.56 Å². The van der Waals surface area contributed by atoms with Crippen LogP contribution in [0.15, 0.2) is 18.2 Å². The number of amides is 2. The smallest absolute Gasteiger partial charge is 0.305 e. The average molecular weight is 405 g/mol. The highest BCUT2D eigenvalue weighted by molar-refractivity contribution is 6.02. The molecule has 2 aliphatic rings. The lowest BCUT2D eigenvalue weighted by Gasteiger charge is -2.25. The first-order valence-corrected chi connectivity index (χ1v) is 9.61. The number of halogens is 1. The van der Waals surface area contributed by atoms with E-state index in [1.165, 1.54) is 11.8 Å². The third-order valence-corrected chi connectivity index (χ3v) is 5.46. The van der Waals surface area contributed by atoms with Gasteiger partial charge in [0.25, 0.3) is 5.91 Å². The number of carboxylic acids is 1. The highest BCUT2D eigenvalue weighted by atomic mass is 19.1. The first kappa shape index (κ1) is 20.8. The molecular formula is C20H24FN3O5. The molecule has 1 fully saturated rings. The van der Waals surface area contributed by atoms with Crippen LogP contribution in [-0.2, 0) is 20.9 Å². The molecule has 1 saturated heterocycles. The molecule has 2 unspecified atom stereocenters.